The average Bonchev–Trinajstić information content (AvgIpc) is 3.29. The Kier molecular flexibility index (Phi) is 5.99. The van der Waals surface area contributed by atoms with Crippen molar-refractivity contribution in [1.82, 2.24) is 14.9 Å². The summed E-state index contributed by atoms with van der Waals surface area (Å²) in [7, 11) is 0. The van der Waals surface area contributed by atoms with E-state index in [-0.39, 0.29) is 18.1 Å². The summed E-state index contributed by atoms with van der Waals surface area (Å²) in [6.45, 7) is 7.84. The number of piperazine rings is 1. The molecule has 4 rings (SSSR count). The zero-order valence-electron chi connectivity index (χ0n) is 17.1. The lowest BCUT2D eigenvalue weighted by molar-refractivity contribution is -0.0203. The maximum Gasteiger partial charge on any atom is 0.289 e. The maximum atomic E-state index is 12.4. The Balaban J connectivity index is 1.37. The molecule has 0 spiro atoms. The van der Waals surface area contributed by atoms with E-state index in [0.717, 1.165) is 25.3 Å². The molecular formula is C21H29N5O3. The third-order valence-electron chi connectivity index (χ3n) is 5.58. The molecule has 1 amide bonds. The van der Waals surface area contributed by atoms with Gasteiger partial charge < -0.3 is 24.3 Å². The summed E-state index contributed by atoms with van der Waals surface area (Å²) in [5.41, 5.74) is 0. The minimum Gasteiger partial charge on any atom is -0.459 e. The predicted molar refractivity (Wildman–Crippen MR) is 110 cm³/mol. The van der Waals surface area contributed by atoms with Crippen molar-refractivity contribution in [3.05, 3.63) is 36.4 Å². The van der Waals surface area contributed by atoms with Crippen LogP contribution in [0.3, 0.4) is 0 Å². The molecule has 0 saturated carbocycles. The summed E-state index contributed by atoms with van der Waals surface area (Å²) in [6, 6.07) is 5.60. The Labute approximate surface area is 171 Å². The third-order valence-corrected chi connectivity index (χ3v) is 5.58. The van der Waals surface area contributed by atoms with Crippen LogP contribution in [0.25, 0.3) is 0 Å². The first kappa shape index (κ1) is 19.7. The molecule has 8 heteroatoms. The van der Waals surface area contributed by atoms with Crippen molar-refractivity contribution in [1.29, 1.82) is 0 Å². The SMILES string of the molecule is CC(C)[C@H]1OCCC[C@H]1Nc1ccnc(N2CCN(C(=O)c3ccco3)CC2)n1. The fraction of sp³-hybridized carbons (Fsp3) is 0.571. The summed E-state index contributed by atoms with van der Waals surface area (Å²) in [5, 5.41) is 3.56. The maximum absolute atomic E-state index is 12.4. The lowest BCUT2D eigenvalue weighted by Gasteiger charge is -2.36. The van der Waals surface area contributed by atoms with Gasteiger partial charge in [0.2, 0.25) is 5.95 Å². The molecule has 0 unspecified atom stereocenters. The smallest absolute Gasteiger partial charge is 0.289 e. The van der Waals surface area contributed by atoms with E-state index in [2.05, 4.69) is 29.0 Å². The predicted octanol–water partition coefficient (Wildman–Crippen LogP) is 2.65. The van der Waals surface area contributed by atoms with Gasteiger partial charge in [0.1, 0.15) is 5.82 Å². The fourth-order valence-corrected chi connectivity index (χ4v) is 4.05. The van der Waals surface area contributed by atoms with Crippen molar-refractivity contribution >= 4 is 17.7 Å². The van der Waals surface area contributed by atoms with Gasteiger partial charge in [0.05, 0.1) is 18.4 Å². The van der Waals surface area contributed by atoms with Crippen molar-refractivity contribution in [3.8, 4) is 0 Å². The molecule has 2 aliphatic rings. The van der Waals surface area contributed by atoms with Crippen LogP contribution in [0.5, 0.6) is 0 Å². The van der Waals surface area contributed by atoms with E-state index in [4.69, 9.17) is 14.1 Å². The molecule has 2 aromatic heterocycles. The summed E-state index contributed by atoms with van der Waals surface area (Å²) >= 11 is 0. The third kappa shape index (κ3) is 4.53. The number of hydrogen-bond acceptors (Lipinski definition) is 7. The molecule has 29 heavy (non-hydrogen) atoms. The van der Waals surface area contributed by atoms with Crippen LogP contribution in [-0.2, 0) is 4.74 Å². The summed E-state index contributed by atoms with van der Waals surface area (Å²) in [5.74, 6) is 2.29. The number of nitrogens with one attached hydrogen (secondary N) is 1. The number of amides is 1. The first-order valence-corrected chi connectivity index (χ1v) is 10.4. The summed E-state index contributed by atoms with van der Waals surface area (Å²) < 4.78 is 11.2. The number of carbonyl (C=O) groups excluding carboxylic acids is 1. The highest BCUT2D eigenvalue weighted by atomic mass is 16.5. The second kappa shape index (κ2) is 8.82. The zero-order valence-corrected chi connectivity index (χ0v) is 17.1. The van der Waals surface area contributed by atoms with Crippen LogP contribution in [0.4, 0.5) is 11.8 Å². The Morgan fingerprint density at radius 2 is 2.07 bits per heavy atom. The first-order chi connectivity index (χ1) is 14.1. The number of anilines is 2. The van der Waals surface area contributed by atoms with Gasteiger partial charge in [-0.3, -0.25) is 4.79 Å². The molecule has 0 aliphatic carbocycles. The van der Waals surface area contributed by atoms with Crippen LogP contribution < -0.4 is 10.2 Å². The van der Waals surface area contributed by atoms with Crippen LogP contribution >= 0.6 is 0 Å². The van der Waals surface area contributed by atoms with Gasteiger partial charge in [-0.1, -0.05) is 13.8 Å². The summed E-state index contributed by atoms with van der Waals surface area (Å²) in [6.07, 6.45) is 5.65. The lowest BCUT2D eigenvalue weighted by Crippen LogP contribution is -2.49. The van der Waals surface area contributed by atoms with Gasteiger partial charge in [0, 0.05) is 39.0 Å². The van der Waals surface area contributed by atoms with Crippen molar-refractivity contribution in [2.45, 2.75) is 38.8 Å². The standard InChI is InChI=1S/C21H29N5O3/c1-15(2)19-16(5-3-14-29-19)23-18-7-8-22-21(24-18)26-11-9-25(10-12-26)20(27)17-6-4-13-28-17/h4,6-8,13,15-16,19H,3,5,9-12,14H2,1-2H3,(H,22,23,24)/t16-,19-/m1/s1. The number of aromatic nitrogens is 2. The molecule has 4 heterocycles. The van der Waals surface area contributed by atoms with E-state index in [1.54, 1.807) is 18.3 Å². The number of ether oxygens (including phenoxy) is 1. The Morgan fingerprint density at radius 3 is 2.79 bits per heavy atom. The Morgan fingerprint density at radius 1 is 1.24 bits per heavy atom. The van der Waals surface area contributed by atoms with Gasteiger partial charge >= 0.3 is 0 Å². The van der Waals surface area contributed by atoms with E-state index < -0.39 is 0 Å². The topological polar surface area (TPSA) is 83.7 Å². The minimum absolute atomic E-state index is 0.0667. The highest BCUT2D eigenvalue weighted by molar-refractivity contribution is 5.91. The lowest BCUT2D eigenvalue weighted by atomic mass is 9.94. The van der Waals surface area contributed by atoms with Crippen LogP contribution in [-0.4, -0.2) is 65.7 Å². The molecule has 2 aliphatic heterocycles. The quantitative estimate of drug-likeness (QED) is 0.827. The molecular weight excluding hydrogens is 370 g/mol. The van der Waals surface area contributed by atoms with Crippen molar-refractivity contribution < 1.29 is 13.9 Å². The van der Waals surface area contributed by atoms with E-state index in [0.29, 0.717) is 43.8 Å². The van der Waals surface area contributed by atoms with Crippen molar-refractivity contribution in [2.24, 2.45) is 5.92 Å². The monoisotopic (exact) mass is 399 g/mol. The van der Waals surface area contributed by atoms with Crippen LogP contribution in [0.2, 0.25) is 0 Å². The van der Waals surface area contributed by atoms with Gasteiger partial charge in [-0.15, -0.1) is 0 Å². The molecule has 2 saturated heterocycles. The van der Waals surface area contributed by atoms with Crippen LogP contribution in [0.1, 0.15) is 37.2 Å². The fourth-order valence-electron chi connectivity index (χ4n) is 4.05. The molecule has 8 nitrogen and oxygen atoms in total. The van der Waals surface area contributed by atoms with Gasteiger partial charge in [-0.25, -0.2) is 4.98 Å². The number of furan rings is 1. The van der Waals surface area contributed by atoms with Crippen LogP contribution in [0, 0.1) is 5.92 Å². The van der Waals surface area contributed by atoms with E-state index in [1.165, 1.54) is 6.26 Å². The normalized spacial score (nSPS) is 22.7. The molecule has 1 N–H and O–H groups in total. The largest absolute Gasteiger partial charge is 0.459 e. The van der Waals surface area contributed by atoms with Gasteiger partial charge in [0.15, 0.2) is 5.76 Å². The summed E-state index contributed by atoms with van der Waals surface area (Å²) in [4.78, 5) is 25.5. The Bertz CT molecular complexity index is 802. The van der Waals surface area contributed by atoms with E-state index in [1.807, 2.05) is 11.0 Å². The highest BCUT2D eigenvalue weighted by Gasteiger charge is 2.29. The number of rotatable bonds is 5. The Hall–Kier alpha value is -2.61. The van der Waals surface area contributed by atoms with Crippen molar-refractivity contribution in [3.63, 3.8) is 0 Å². The molecule has 2 atom stereocenters. The number of nitrogens with zero attached hydrogens (tertiary/aromatic N) is 4. The zero-order chi connectivity index (χ0) is 20.2. The molecule has 156 valence electrons. The van der Waals surface area contributed by atoms with Gasteiger partial charge in [-0.2, -0.15) is 4.98 Å². The molecule has 2 fully saturated rings. The van der Waals surface area contributed by atoms with Gasteiger partial charge in [0.25, 0.3) is 5.91 Å². The minimum atomic E-state index is -0.0667. The second-order valence-corrected chi connectivity index (χ2v) is 7.97. The van der Waals surface area contributed by atoms with Gasteiger partial charge in [-0.05, 0) is 37.0 Å². The number of hydrogen-bond donors (Lipinski definition) is 1. The molecule has 2 aromatic rings. The van der Waals surface area contributed by atoms with E-state index in [9.17, 15) is 4.79 Å². The van der Waals surface area contributed by atoms with E-state index >= 15 is 0 Å². The highest BCUT2D eigenvalue weighted by Crippen LogP contribution is 2.24. The molecule has 0 radical (unpaired) electrons. The van der Waals surface area contributed by atoms with Crippen LogP contribution in [0.15, 0.2) is 35.1 Å². The van der Waals surface area contributed by atoms with Crippen molar-refractivity contribution in [2.75, 3.05) is 43.0 Å². The number of carbonyl (C=O) groups is 1. The average molecular weight is 399 g/mol. The second-order valence-electron chi connectivity index (χ2n) is 7.97. The molecule has 0 aromatic carbocycles. The first-order valence-electron chi connectivity index (χ1n) is 10.4. The molecule has 0 bridgehead atoms.